The summed E-state index contributed by atoms with van der Waals surface area (Å²) in [5, 5.41) is 0. The molecule has 0 bridgehead atoms. The average Bonchev–Trinajstić information content (AvgIpc) is 2.60. The summed E-state index contributed by atoms with van der Waals surface area (Å²) in [6.45, 7) is 1.21. The molecule has 4 nitrogen and oxygen atoms in total. The van der Waals surface area contributed by atoms with Crippen LogP contribution in [0.25, 0.3) is 0 Å². The summed E-state index contributed by atoms with van der Waals surface area (Å²) >= 11 is 0. The molecule has 1 aromatic carbocycles. The molecule has 1 fully saturated rings. The van der Waals surface area contributed by atoms with Gasteiger partial charge in [-0.15, -0.1) is 0 Å². The van der Waals surface area contributed by atoms with Crippen LogP contribution in [-0.4, -0.2) is 27.3 Å². The quantitative estimate of drug-likeness (QED) is 0.847. The van der Waals surface area contributed by atoms with Crippen molar-refractivity contribution in [2.45, 2.75) is 12.8 Å². The molecule has 2 N–H and O–H groups in total. The maximum absolute atomic E-state index is 11.7. The highest BCUT2D eigenvalue weighted by atomic mass is 32.2. The first-order chi connectivity index (χ1) is 7.63. The van der Waals surface area contributed by atoms with Gasteiger partial charge in [0.2, 0.25) is 10.0 Å². The molecule has 0 saturated carbocycles. The third-order valence-corrected chi connectivity index (χ3v) is 4.63. The van der Waals surface area contributed by atoms with Gasteiger partial charge in [0.05, 0.1) is 11.4 Å². The van der Waals surface area contributed by atoms with E-state index in [0.717, 1.165) is 17.7 Å². The molecule has 0 amide bonds. The van der Waals surface area contributed by atoms with Gasteiger partial charge < -0.3 is 5.73 Å². The SMILES string of the molecule is NCCc1ccc(N2CCCS2(=O)=O)cc1. The van der Waals surface area contributed by atoms with Crippen molar-refractivity contribution in [1.29, 1.82) is 0 Å². The van der Waals surface area contributed by atoms with Crippen LogP contribution >= 0.6 is 0 Å². The Balaban J connectivity index is 2.22. The van der Waals surface area contributed by atoms with Crippen molar-refractivity contribution in [2.75, 3.05) is 23.1 Å². The minimum atomic E-state index is -3.06. The van der Waals surface area contributed by atoms with E-state index in [2.05, 4.69) is 0 Å². The highest BCUT2D eigenvalue weighted by Gasteiger charge is 2.28. The van der Waals surface area contributed by atoms with E-state index in [1.54, 1.807) is 0 Å². The fraction of sp³-hybridized carbons (Fsp3) is 0.455. The minimum Gasteiger partial charge on any atom is -0.330 e. The van der Waals surface area contributed by atoms with E-state index >= 15 is 0 Å². The minimum absolute atomic E-state index is 0.261. The van der Waals surface area contributed by atoms with Gasteiger partial charge in [0.15, 0.2) is 0 Å². The molecular weight excluding hydrogens is 224 g/mol. The number of rotatable bonds is 3. The summed E-state index contributed by atoms with van der Waals surface area (Å²) < 4.78 is 24.8. The number of benzene rings is 1. The molecule has 88 valence electrons. The molecule has 0 spiro atoms. The van der Waals surface area contributed by atoms with Crippen LogP contribution in [-0.2, 0) is 16.4 Å². The van der Waals surface area contributed by atoms with Crippen LogP contribution in [0.4, 0.5) is 5.69 Å². The molecule has 0 radical (unpaired) electrons. The normalized spacial score (nSPS) is 18.9. The number of nitrogens with zero attached hydrogens (tertiary/aromatic N) is 1. The topological polar surface area (TPSA) is 63.4 Å². The fourth-order valence-corrected chi connectivity index (χ4v) is 3.49. The molecular formula is C11H16N2O2S. The Labute approximate surface area is 96.1 Å². The van der Waals surface area contributed by atoms with Crippen molar-refractivity contribution in [3.63, 3.8) is 0 Å². The molecule has 1 aromatic rings. The number of hydrogen-bond donors (Lipinski definition) is 1. The average molecular weight is 240 g/mol. The van der Waals surface area contributed by atoms with Gasteiger partial charge >= 0.3 is 0 Å². The first kappa shape index (κ1) is 11.4. The van der Waals surface area contributed by atoms with Gasteiger partial charge in [-0.05, 0) is 37.1 Å². The monoisotopic (exact) mass is 240 g/mol. The van der Waals surface area contributed by atoms with Gasteiger partial charge in [-0.1, -0.05) is 12.1 Å². The highest BCUT2D eigenvalue weighted by Crippen LogP contribution is 2.24. The van der Waals surface area contributed by atoms with Gasteiger partial charge in [0.25, 0.3) is 0 Å². The lowest BCUT2D eigenvalue weighted by Gasteiger charge is -2.16. The van der Waals surface area contributed by atoms with Gasteiger partial charge in [-0.2, -0.15) is 0 Å². The first-order valence-corrected chi connectivity index (χ1v) is 7.04. The van der Waals surface area contributed by atoms with E-state index in [9.17, 15) is 8.42 Å². The molecule has 1 saturated heterocycles. The Kier molecular flexibility index (Phi) is 3.16. The highest BCUT2D eigenvalue weighted by molar-refractivity contribution is 7.93. The van der Waals surface area contributed by atoms with Crippen LogP contribution in [0.2, 0.25) is 0 Å². The predicted molar refractivity (Wildman–Crippen MR) is 65.0 cm³/mol. The number of hydrogen-bond acceptors (Lipinski definition) is 3. The molecule has 2 rings (SSSR count). The Hall–Kier alpha value is -1.07. The molecule has 1 heterocycles. The Morgan fingerprint density at radius 2 is 1.94 bits per heavy atom. The second kappa shape index (κ2) is 4.43. The summed E-state index contributed by atoms with van der Waals surface area (Å²) in [5.41, 5.74) is 7.36. The third kappa shape index (κ3) is 2.20. The van der Waals surface area contributed by atoms with Gasteiger partial charge in [-0.3, -0.25) is 4.31 Å². The number of sulfonamides is 1. The van der Waals surface area contributed by atoms with Crippen LogP contribution in [0.1, 0.15) is 12.0 Å². The van der Waals surface area contributed by atoms with Gasteiger partial charge in [0.1, 0.15) is 0 Å². The van der Waals surface area contributed by atoms with Crippen molar-refractivity contribution in [2.24, 2.45) is 5.73 Å². The Morgan fingerprint density at radius 1 is 1.25 bits per heavy atom. The van der Waals surface area contributed by atoms with E-state index in [1.165, 1.54) is 4.31 Å². The van der Waals surface area contributed by atoms with Crippen LogP contribution in [0.5, 0.6) is 0 Å². The molecule has 0 aromatic heterocycles. The number of anilines is 1. The zero-order valence-corrected chi connectivity index (χ0v) is 9.91. The second-order valence-corrected chi connectivity index (χ2v) is 5.96. The smallest absolute Gasteiger partial charge is 0.235 e. The van der Waals surface area contributed by atoms with Crippen molar-refractivity contribution in [1.82, 2.24) is 0 Å². The van der Waals surface area contributed by atoms with E-state index in [0.29, 0.717) is 19.5 Å². The Morgan fingerprint density at radius 3 is 2.44 bits per heavy atom. The third-order valence-electron chi connectivity index (χ3n) is 2.76. The summed E-state index contributed by atoms with van der Waals surface area (Å²) in [5.74, 6) is 0.261. The second-order valence-electron chi connectivity index (χ2n) is 3.95. The van der Waals surface area contributed by atoms with E-state index < -0.39 is 10.0 Å². The van der Waals surface area contributed by atoms with Gasteiger partial charge in [-0.25, -0.2) is 8.42 Å². The summed E-state index contributed by atoms with van der Waals surface area (Å²) in [6, 6.07) is 7.59. The summed E-state index contributed by atoms with van der Waals surface area (Å²) in [4.78, 5) is 0. The van der Waals surface area contributed by atoms with Crippen LogP contribution in [0.15, 0.2) is 24.3 Å². The van der Waals surface area contributed by atoms with E-state index in [1.807, 2.05) is 24.3 Å². The standard InChI is InChI=1S/C11H16N2O2S/c12-7-6-10-2-4-11(5-3-10)13-8-1-9-16(13,14)15/h2-5H,1,6-9,12H2. The molecule has 1 aliphatic heterocycles. The Bertz CT molecular complexity index is 453. The molecule has 0 unspecified atom stereocenters. The largest absolute Gasteiger partial charge is 0.330 e. The molecule has 0 atom stereocenters. The summed E-state index contributed by atoms with van der Waals surface area (Å²) in [7, 11) is -3.06. The van der Waals surface area contributed by atoms with Crippen molar-refractivity contribution in [3.8, 4) is 0 Å². The predicted octanol–water partition coefficient (Wildman–Crippen LogP) is 0.728. The van der Waals surface area contributed by atoms with Crippen LogP contribution in [0.3, 0.4) is 0 Å². The molecule has 16 heavy (non-hydrogen) atoms. The van der Waals surface area contributed by atoms with Crippen molar-refractivity contribution < 1.29 is 8.42 Å². The lowest BCUT2D eigenvalue weighted by Crippen LogP contribution is -2.24. The lowest BCUT2D eigenvalue weighted by atomic mass is 10.1. The van der Waals surface area contributed by atoms with E-state index in [4.69, 9.17) is 5.73 Å². The maximum atomic E-state index is 11.7. The van der Waals surface area contributed by atoms with Crippen molar-refractivity contribution in [3.05, 3.63) is 29.8 Å². The zero-order valence-electron chi connectivity index (χ0n) is 9.09. The van der Waals surface area contributed by atoms with Crippen LogP contribution < -0.4 is 10.0 Å². The van der Waals surface area contributed by atoms with Crippen LogP contribution in [0, 0.1) is 0 Å². The molecule has 0 aliphatic carbocycles. The van der Waals surface area contributed by atoms with E-state index in [-0.39, 0.29) is 5.75 Å². The molecule has 5 heteroatoms. The molecule has 1 aliphatic rings. The lowest BCUT2D eigenvalue weighted by molar-refractivity contribution is 0.599. The fourth-order valence-electron chi connectivity index (χ4n) is 1.93. The van der Waals surface area contributed by atoms with Gasteiger partial charge in [0, 0.05) is 6.54 Å². The first-order valence-electron chi connectivity index (χ1n) is 5.43. The zero-order chi connectivity index (χ0) is 11.6. The number of nitrogens with two attached hydrogens (primary N) is 1. The van der Waals surface area contributed by atoms with Crippen molar-refractivity contribution >= 4 is 15.7 Å². The summed E-state index contributed by atoms with van der Waals surface area (Å²) in [6.07, 6.45) is 1.54. The maximum Gasteiger partial charge on any atom is 0.235 e.